The lowest BCUT2D eigenvalue weighted by atomic mass is 9.83. The Morgan fingerprint density at radius 2 is 2.06 bits per heavy atom. The van der Waals surface area contributed by atoms with Gasteiger partial charge >= 0.3 is 5.97 Å². The van der Waals surface area contributed by atoms with Crippen LogP contribution in [0, 0.1) is 5.92 Å². The van der Waals surface area contributed by atoms with Gasteiger partial charge in [-0.2, -0.15) is 0 Å². The van der Waals surface area contributed by atoms with E-state index in [1.807, 2.05) is 18.2 Å². The van der Waals surface area contributed by atoms with Crippen molar-refractivity contribution < 1.29 is 19.1 Å². The number of methoxy groups -OCH3 is 2. The summed E-state index contributed by atoms with van der Waals surface area (Å²) in [5.74, 6) is -0.459. The third kappa shape index (κ3) is 2.16. The summed E-state index contributed by atoms with van der Waals surface area (Å²) in [5.41, 5.74) is 1.95. The van der Waals surface area contributed by atoms with Crippen molar-refractivity contribution in [2.24, 2.45) is 5.92 Å². The van der Waals surface area contributed by atoms with E-state index in [0.717, 1.165) is 16.9 Å². The maximum atomic E-state index is 11.8. The third-order valence-electron chi connectivity index (χ3n) is 3.08. The molecule has 4 heteroatoms. The molecule has 1 aliphatic carbocycles. The number of Topliss-reactive ketones (excluding diaryl/α,β-unsaturated/α-hetero) is 1. The molecular weight excluding hydrogens is 220 g/mol. The average molecular weight is 234 g/mol. The average Bonchev–Trinajstić information content (AvgIpc) is 2.36. The number of esters is 1. The Balaban J connectivity index is 2.31. The molecule has 0 N–H and O–H groups in total. The standard InChI is InChI=1S/C13H14O4/c1-16-10-4-3-8-7-12(14)11(13(15)17-2)6-9(8)5-10/h3-5,11H,6-7H2,1-2H3. The molecule has 2 rings (SSSR count). The number of hydrogen-bond donors (Lipinski definition) is 0. The zero-order valence-corrected chi connectivity index (χ0v) is 9.86. The summed E-state index contributed by atoms with van der Waals surface area (Å²) in [5, 5.41) is 0. The van der Waals surface area contributed by atoms with E-state index in [2.05, 4.69) is 4.74 Å². The summed E-state index contributed by atoms with van der Waals surface area (Å²) >= 11 is 0. The predicted molar refractivity (Wildman–Crippen MR) is 60.9 cm³/mol. The van der Waals surface area contributed by atoms with Gasteiger partial charge in [0.25, 0.3) is 0 Å². The van der Waals surface area contributed by atoms with Crippen LogP contribution in [0.5, 0.6) is 5.75 Å². The highest BCUT2D eigenvalue weighted by Crippen LogP contribution is 2.27. The minimum atomic E-state index is -0.667. The monoisotopic (exact) mass is 234 g/mol. The van der Waals surface area contributed by atoms with Crippen LogP contribution in [0.1, 0.15) is 11.1 Å². The maximum absolute atomic E-state index is 11.8. The number of ether oxygens (including phenoxy) is 2. The number of rotatable bonds is 2. The molecule has 0 amide bonds. The molecule has 0 aliphatic heterocycles. The van der Waals surface area contributed by atoms with Gasteiger partial charge in [0.1, 0.15) is 11.7 Å². The smallest absolute Gasteiger partial charge is 0.316 e. The number of ketones is 1. The van der Waals surface area contributed by atoms with Gasteiger partial charge < -0.3 is 9.47 Å². The van der Waals surface area contributed by atoms with E-state index >= 15 is 0 Å². The lowest BCUT2D eigenvalue weighted by Gasteiger charge is -2.22. The molecule has 0 fully saturated rings. The van der Waals surface area contributed by atoms with Crippen LogP contribution in [0.15, 0.2) is 18.2 Å². The normalized spacial score (nSPS) is 18.5. The van der Waals surface area contributed by atoms with Crippen LogP contribution in [0.3, 0.4) is 0 Å². The van der Waals surface area contributed by atoms with E-state index in [1.54, 1.807) is 7.11 Å². The molecule has 17 heavy (non-hydrogen) atoms. The van der Waals surface area contributed by atoms with E-state index < -0.39 is 11.9 Å². The van der Waals surface area contributed by atoms with Crippen molar-refractivity contribution in [3.05, 3.63) is 29.3 Å². The molecule has 0 spiro atoms. The lowest BCUT2D eigenvalue weighted by Crippen LogP contribution is -2.32. The molecule has 1 atom stereocenters. The first-order valence-corrected chi connectivity index (χ1v) is 5.42. The van der Waals surface area contributed by atoms with Crippen LogP contribution in [0.25, 0.3) is 0 Å². The number of benzene rings is 1. The predicted octanol–water partition coefficient (Wildman–Crippen LogP) is 1.15. The zero-order valence-electron chi connectivity index (χ0n) is 9.86. The quantitative estimate of drug-likeness (QED) is 0.569. The second-order valence-electron chi connectivity index (χ2n) is 4.06. The molecule has 0 saturated heterocycles. The highest BCUT2D eigenvalue weighted by Gasteiger charge is 2.32. The number of carbonyl (C=O) groups excluding carboxylic acids is 2. The topological polar surface area (TPSA) is 52.6 Å². The SMILES string of the molecule is COC(=O)C1Cc2cc(OC)ccc2CC1=O. The molecule has 0 heterocycles. The minimum absolute atomic E-state index is 0.0745. The molecule has 90 valence electrons. The Hall–Kier alpha value is -1.84. The second-order valence-corrected chi connectivity index (χ2v) is 4.06. The molecule has 1 aromatic rings. The summed E-state index contributed by atoms with van der Waals surface area (Å²) in [7, 11) is 2.89. The van der Waals surface area contributed by atoms with Gasteiger partial charge in [0, 0.05) is 6.42 Å². The fraction of sp³-hybridized carbons (Fsp3) is 0.385. The fourth-order valence-electron chi connectivity index (χ4n) is 2.09. The Bertz CT molecular complexity index is 464. The molecule has 0 saturated carbocycles. The highest BCUT2D eigenvalue weighted by molar-refractivity contribution is 6.01. The van der Waals surface area contributed by atoms with E-state index in [0.29, 0.717) is 12.8 Å². The van der Waals surface area contributed by atoms with Gasteiger partial charge in [-0.3, -0.25) is 9.59 Å². The van der Waals surface area contributed by atoms with Crippen LogP contribution >= 0.6 is 0 Å². The van der Waals surface area contributed by atoms with E-state index in [1.165, 1.54) is 7.11 Å². The van der Waals surface area contributed by atoms with Gasteiger partial charge in [-0.05, 0) is 29.7 Å². The Labute approximate surface area is 99.5 Å². The molecule has 0 bridgehead atoms. The van der Waals surface area contributed by atoms with Crippen molar-refractivity contribution in [1.29, 1.82) is 0 Å². The fourth-order valence-corrected chi connectivity index (χ4v) is 2.09. The Morgan fingerprint density at radius 1 is 1.29 bits per heavy atom. The van der Waals surface area contributed by atoms with Crippen molar-refractivity contribution in [3.63, 3.8) is 0 Å². The first kappa shape index (κ1) is 11.6. The molecular formula is C13H14O4. The van der Waals surface area contributed by atoms with Gasteiger partial charge in [0.2, 0.25) is 0 Å². The summed E-state index contributed by atoms with van der Waals surface area (Å²) in [4.78, 5) is 23.2. The van der Waals surface area contributed by atoms with Crippen molar-refractivity contribution >= 4 is 11.8 Å². The third-order valence-corrected chi connectivity index (χ3v) is 3.08. The van der Waals surface area contributed by atoms with E-state index in [9.17, 15) is 9.59 Å². The van der Waals surface area contributed by atoms with Crippen LogP contribution in [-0.2, 0) is 27.2 Å². The Kier molecular flexibility index (Phi) is 3.13. The van der Waals surface area contributed by atoms with E-state index in [4.69, 9.17) is 4.74 Å². The lowest BCUT2D eigenvalue weighted by molar-refractivity contribution is -0.149. The van der Waals surface area contributed by atoms with Gasteiger partial charge in [0.15, 0.2) is 5.78 Å². The molecule has 1 aliphatic rings. The minimum Gasteiger partial charge on any atom is -0.497 e. The largest absolute Gasteiger partial charge is 0.497 e. The van der Waals surface area contributed by atoms with Crippen molar-refractivity contribution in [1.82, 2.24) is 0 Å². The van der Waals surface area contributed by atoms with Gasteiger partial charge in [-0.15, -0.1) is 0 Å². The van der Waals surface area contributed by atoms with Crippen molar-refractivity contribution in [2.75, 3.05) is 14.2 Å². The summed E-state index contributed by atoms with van der Waals surface area (Å²) in [6.07, 6.45) is 0.692. The Morgan fingerprint density at radius 3 is 2.71 bits per heavy atom. The molecule has 1 aromatic carbocycles. The molecule has 0 aromatic heterocycles. The zero-order chi connectivity index (χ0) is 12.4. The second kappa shape index (κ2) is 4.57. The van der Waals surface area contributed by atoms with Crippen LogP contribution in [0.4, 0.5) is 0 Å². The van der Waals surface area contributed by atoms with Crippen molar-refractivity contribution in [2.45, 2.75) is 12.8 Å². The van der Waals surface area contributed by atoms with Crippen LogP contribution in [-0.4, -0.2) is 26.0 Å². The maximum Gasteiger partial charge on any atom is 0.316 e. The first-order chi connectivity index (χ1) is 8.15. The first-order valence-electron chi connectivity index (χ1n) is 5.42. The van der Waals surface area contributed by atoms with Crippen LogP contribution in [0.2, 0.25) is 0 Å². The summed E-state index contributed by atoms with van der Waals surface area (Å²) in [6.45, 7) is 0. The van der Waals surface area contributed by atoms with Gasteiger partial charge in [-0.1, -0.05) is 6.07 Å². The van der Waals surface area contributed by atoms with Gasteiger partial charge in [-0.25, -0.2) is 0 Å². The van der Waals surface area contributed by atoms with Crippen molar-refractivity contribution in [3.8, 4) is 5.75 Å². The summed E-state index contributed by atoms with van der Waals surface area (Å²) < 4.78 is 9.77. The number of fused-ring (bicyclic) bond motifs is 1. The van der Waals surface area contributed by atoms with Gasteiger partial charge in [0.05, 0.1) is 14.2 Å². The summed E-state index contributed by atoms with van der Waals surface area (Å²) in [6, 6.07) is 5.57. The highest BCUT2D eigenvalue weighted by atomic mass is 16.5. The number of hydrogen-bond acceptors (Lipinski definition) is 4. The molecule has 1 unspecified atom stereocenters. The molecule has 0 radical (unpaired) electrons. The van der Waals surface area contributed by atoms with Crippen LogP contribution < -0.4 is 4.74 Å². The van der Waals surface area contributed by atoms with E-state index in [-0.39, 0.29) is 5.78 Å². The molecule has 4 nitrogen and oxygen atoms in total. The number of carbonyl (C=O) groups is 2.